The number of benzene rings is 1. The van der Waals surface area contributed by atoms with Gasteiger partial charge < -0.3 is 5.73 Å². The third-order valence-corrected chi connectivity index (χ3v) is 2.27. The molecular weight excluding hydrogens is 222 g/mol. The van der Waals surface area contributed by atoms with Gasteiger partial charge in [0.1, 0.15) is 0 Å². The van der Waals surface area contributed by atoms with Gasteiger partial charge in [0.2, 0.25) is 0 Å². The summed E-state index contributed by atoms with van der Waals surface area (Å²) in [6.07, 6.45) is 3.49. The first-order valence-corrected chi connectivity index (χ1v) is 6.22. The van der Waals surface area contributed by atoms with Crippen molar-refractivity contribution in [2.24, 2.45) is 5.73 Å². The van der Waals surface area contributed by atoms with Gasteiger partial charge in [0.25, 0.3) is 0 Å². The second kappa shape index (κ2) is 8.29. The van der Waals surface area contributed by atoms with E-state index >= 15 is 0 Å². The molecular formula is C16H23NO. The van der Waals surface area contributed by atoms with Crippen molar-refractivity contribution in [3.8, 4) is 0 Å². The van der Waals surface area contributed by atoms with Crippen molar-refractivity contribution in [1.29, 1.82) is 0 Å². The van der Waals surface area contributed by atoms with Gasteiger partial charge in [-0.2, -0.15) is 0 Å². The molecule has 2 N–H and O–H groups in total. The van der Waals surface area contributed by atoms with Crippen LogP contribution in [0.4, 0.5) is 0 Å². The molecule has 0 unspecified atom stereocenters. The van der Waals surface area contributed by atoms with E-state index in [-0.39, 0.29) is 5.78 Å². The summed E-state index contributed by atoms with van der Waals surface area (Å²) in [5, 5.41) is 0. The Morgan fingerprint density at radius 2 is 1.56 bits per heavy atom. The van der Waals surface area contributed by atoms with Crippen molar-refractivity contribution < 1.29 is 4.79 Å². The Kier molecular flexibility index (Phi) is 7.45. The normalized spacial score (nSPS) is 11.6. The number of Topliss-reactive ketones (excluding diaryl/α,β-unsaturated/α-hetero) is 1. The van der Waals surface area contributed by atoms with Crippen LogP contribution in [0.1, 0.15) is 43.6 Å². The van der Waals surface area contributed by atoms with E-state index in [9.17, 15) is 4.79 Å². The van der Waals surface area contributed by atoms with Crippen LogP contribution in [-0.2, 0) is 0 Å². The summed E-state index contributed by atoms with van der Waals surface area (Å²) in [7, 11) is 0. The molecule has 0 spiro atoms. The second-order valence-electron chi connectivity index (χ2n) is 3.96. The van der Waals surface area contributed by atoms with Crippen molar-refractivity contribution in [3.63, 3.8) is 0 Å². The van der Waals surface area contributed by atoms with E-state index in [1.807, 2.05) is 45.0 Å². The molecule has 1 aromatic carbocycles. The predicted octanol–water partition coefficient (Wildman–Crippen LogP) is 4.01. The molecule has 0 aliphatic heterocycles. The monoisotopic (exact) mass is 245 g/mol. The van der Waals surface area contributed by atoms with E-state index < -0.39 is 0 Å². The number of nitrogens with two attached hydrogens (primary N) is 1. The number of ketones is 1. The lowest BCUT2D eigenvalue weighted by Gasteiger charge is -2.01. The fraction of sp³-hybridized carbons (Fsp3) is 0.312. The molecule has 0 aliphatic rings. The van der Waals surface area contributed by atoms with Crippen LogP contribution in [0.2, 0.25) is 0 Å². The molecule has 0 radical (unpaired) electrons. The number of carbonyl (C=O) groups is 1. The molecule has 2 heteroatoms. The molecule has 18 heavy (non-hydrogen) atoms. The van der Waals surface area contributed by atoms with E-state index in [0.717, 1.165) is 5.56 Å². The third-order valence-electron chi connectivity index (χ3n) is 2.27. The molecule has 0 saturated heterocycles. The quantitative estimate of drug-likeness (QED) is 0.496. The van der Waals surface area contributed by atoms with E-state index in [4.69, 9.17) is 5.73 Å². The molecule has 0 amide bonds. The van der Waals surface area contributed by atoms with Gasteiger partial charge >= 0.3 is 0 Å². The van der Waals surface area contributed by atoms with Crippen molar-refractivity contribution in [2.45, 2.75) is 34.6 Å². The van der Waals surface area contributed by atoms with Gasteiger partial charge in [0.05, 0.1) is 0 Å². The largest absolute Gasteiger partial charge is 0.402 e. The first kappa shape index (κ1) is 16.2. The summed E-state index contributed by atoms with van der Waals surface area (Å²) < 4.78 is 0. The van der Waals surface area contributed by atoms with Gasteiger partial charge in [0.15, 0.2) is 5.78 Å². The maximum atomic E-state index is 11.9. The third kappa shape index (κ3) is 5.48. The van der Waals surface area contributed by atoms with Crippen LogP contribution >= 0.6 is 0 Å². The second-order valence-corrected chi connectivity index (χ2v) is 3.96. The Bertz CT molecular complexity index is 435. The van der Waals surface area contributed by atoms with E-state index in [2.05, 4.69) is 0 Å². The minimum atomic E-state index is 0.0394. The smallest absolute Gasteiger partial charge is 0.188 e. The maximum Gasteiger partial charge on any atom is 0.188 e. The molecule has 1 rings (SSSR count). The van der Waals surface area contributed by atoms with E-state index in [1.54, 1.807) is 26.0 Å². The zero-order valence-electron chi connectivity index (χ0n) is 11.9. The summed E-state index contributed by atoms with van der Waals surface area (Å²) in [5.74, 6) is 0.0394. The van der Waals surface area contributed by atoms with Crippen molar-refractivity contribution in [3.05, 3.63) is 58.8 Å². The highest BCUT2D eigenvalue weighted by Crippen LogP contribution is 2.09. The fourth-order valence-electron chi connectivity index (χ4n) is 1.26. The van der Waals surface area contributed by atoms with Crippen LogP contribution in [-0.4, -0.2) is 5.78 Å². The van der Waals surface area contributed by atoms with Gasteiger partial charge in [-0.15, -0.1) is 0 Å². The zero-order valence-corrected chi connectivity index (χ0v) is 11.9. The Hall–Kier alpha value is -1.83. The Morgan fingerprint density at radius 3 is 2.00 bits per heavy atom. The Morgan fingerprint density at radius 1 is 1.06 bits per heavy atom. The molecule has 2 nitrogen and oxygen atoms in total. The SMILES string of the molecule is C/C(N)=C\C=C(/C)C(=O)c1ccc(C)cc1.CC. The number of aryl methyl sites for hydroxylation is 1. The van der Waals surface area contributed by atoms with Gasteiger partial charge in [-0.3, -0.25) is 4.79 Å². The number of allylic oxidation sites excluding steroid dienone is 4. The van der Waals surface area contributed by atoms with Crippen LogP contribution in [0.5, 0.6) is 0 Å². The summed E-state index contributed by atoms with van der Waals surface area (Å²) in [4.78, 5) is 11.9. The topological polar surface area (TPSA) is 43.1 Å². The minimum absolute atomic E-state index is 0.0394. The standard InChI is InChI=1S/C14H17NO.C2H6/c1-10-4-8-13(9-5-10)14(16)11(2)6-7-12(3)15;1-2/h4-9H,15H2,1-3H3;1-2H3/b11-6+,12-7+;. The highest BCUT2D eigenvalue weighted by molar-refractivity contribution is 6.08. The van der Waals surface area contributed by atoms with Gasteiger partial charge in [0, 0.05) is 11.3 Å². The summed E-state index contributed by atoms with van der Waals surface area (Å²) >= 11 is 0. The molecule has 0 aromatic heterocycles. The predicted molar refractivity (Wildman–Crippen MR) is 78.6 cm³/mol. The van der Waals surface area contributed by atoms with Crippen molar-refractivity contribution in [2.75, 3.05) is 0 Å². The van der Waals surface area contributed by atoms with Crippen LogP contribution in [0.25, 0.3) is 0 Å². The lowest BCUT2D eigenvalue weighted by Crippen LogP contribution is -2.00. The Balaban J connectivity index is 0.00000137. The lowest BCUT2D eigenvalue weighted by molar-refractivity contribution is 0.103. The van der Waals surface area contributed by atoms with Crippen molar-refractivity contribution in [1.82, 2.24) is 0 Å². The average Bonchev–Trinajstić information content (AvgIpc) is 2.38. The van der Waals surface area contributed by atoms with Gasteiger partial charge in [-0.1, -0.05) is 49.8 Å². The summed E-state index contributed by atoms with van der Waals surface area (Å²) in [5.41, 5.74) is 8.74. The number of hydrogen-bond donors (Lipinski definition) is 1. The number of rotatable bonds is 3. The van der Waals surface area contributed by atoms with Gasteiger partial charge in [-0.25, -0.2) is 0 Å². The van der Waals surface area contributed by atoms with Gasteiger partial charge in [-0.05, 0) is 32.4 Å². The van der Waals surface area contributed by atoms with E-state index in [1.165, 1.54) is 0 Å². The first-order valence-electron chi connectivity index (χ1n) is 6.22. The molecule has 98 valence electrons. The first-order chi connectivity index (χ1) is 8.50. The highest BCUT2D eigenvalue weighted by atomic mass is 16.1. The van der Waals surface area contributed by atoms with Crippen LogP contribution < -0.4 is 5.73 Å². The number of carbonyl (C=O) groups excluding carboxylic acids is 1. The molecule has 1 aromatic rings. The highest BCUT2D eigenvalue weighted by Gasteiger charge is 2.06. The molecule has 0 atom stereocenters. The van der Waals surface area contributed by atoms with Crippen molar-refractivity contribution >= 4 is 5.78 Å². The zero-order chi connectivity index (χ0) is 14.1. The summed E-state index contributed by atoms with van der Waals surface area (Å²) in [6.45, 7) is 9.58. The average molecular weight is 245 g/mol. The summed E-state index contributed by atoms with van der Waals surface area (Å²) in [6, 6.07) is 7.55. The molecule has 0 saturated carbocycles. The van der Waals surface area contributed by atoms with Crippen LogP contribution in [0.15, 0.2) is 47.7 Å². The minimum Gasteiger partial charge on any atom is -0.402 e. The Labute approximate surface area is 110 Å². The van der Waals surface area contributed by atoms with Crippen LogP contribution in [0, 0.1) is 6.92 Å². The molecule has 0 bridgehead atoms. The maximum absolute atomic E-state index is 11.9. The molecule has 0 heterocycles. The number of hydrogen-bond acceptors (Lipinski definition) is 2. The van der Waals surface area contributed by atoms with Crippen LogP contribution in [0.3, 0.4) is 0 Å². The van der Waals surface area contributed by atoms with E-state index in [0.29, 0.717) is 16.8 Å². The molecule has 0 aliphatic carbocycles. The fourth-order valence-corrected chi connectivity index (χ4v) is 1.26. The lowest BCUT2D eigenvalue weighted by atomic mass is 10.0. The molecule has 0 fully saturated rings.